The van der Waals surface area contributed by atoms with E-state index < -0.39 is 49.5 Å². The highest BCUT2D eigenvalue weighted by atomic mass is 16.7. The molecule has 1 amide bonds. The van der Waals surface area contributed by atoms with Crippen LogP contribution in [0, 0.1) is 0 Å². The molecule has 1 aliphatic heterocycles. The van der Waals surface area contributed by atoms with Gasteiger partial charge in [-0.25, -0.2) is 0 Å². The lowest BCUT2D eigenvalue weighted by atomic mass is 9.99. The van der Waals surface area contributed by atoms with Gasteiger partial charge < -0.3 is 40.3 Å². The quantitative estimate of drug-likeness (QED) is 0.0268. The zero-order chi connectivity index (χ0) is 40.9. The van der Waals surface area contributed by atoms with Crippen molar-refractivity contribution in [3.8, 4) is 0 Å². The fourth-order valence-corrected chi connectivity index (χ4v) is 7.17. The minimum Gasteiger partial charge on any atom is -0.394 e. The molecule has 9 nitrogen and oxygen atoms in total. The highest BCUT2D eigenvalue weighted by Gasteiger charge is 2.44. The van der Waals surface area contributed by atoms with E-state index in [4.69, 9.17) is 9.47 Å². The number of hydrogen-bond donors (Lipinski definition) is 6. The lowest BCUT2D eigenvalue weighted by Crippen LogP contribution is -2.60. The SMILES string of the molecule is CCCCCCCC/C=C\CCCCCCCCCC(=O)NC(COC1OC(CO)C(O)C(O)C1O)C(O)/C=C/CC/C=C/CCCCCCCCCCCC. The molecule has 7 atom stereocenters. The molecule has 1 rings (SSSR count). The number of ether oxygens (including phenoxy) is 2. The molecule has 0 saturated carbocycles. The number of amides is 1. The van der Waals surface area contributed by atoms with Crippen molar-refractivity contribution in [1.82, 2.24) is 5.32 Å². The first-order chi connectivity index (χ1) is 27.3. The summed E-state index contributed by atoms with van der Waals surface area (Å²) < 4.78 is 11.2. The van der Waals surface area contributed by atoms with E-state index in [1.807, 2.05) is 6.08 Å². The molecule has 0 aromatic carbocycles. The molecule has 0 aromatic rings. The van der Waals surface area contributed by atoms with Crippen molar-refractivity contribution in [3.05, 3.63) is 36.5 Å². The van der Waals surface area contributed by atoms with Crippen LogP contribution in [0.15, 0.2) is 36.5 Å². The number of aliphatic hydroxyl groups excluding tert-OH is 5. The van der Waals surface area contributed by atoms with E-state index in [0.29, 0.717) is 6.42 Å². The molecule has 0 aromatic heterocycles. The van der Waals surface area contributed by atoms with Gasteiger partial charge in [0.2, 0.25) is 5.91 Å². The molecule has 0 aliphatic carbocycles. The number of aliphatic hydroxyl groups is 5. The van der Waals surface area contributed by atoms with Gasteiger partial charge in [0, 0.05) is 6.42 Å². The minimum atomic E-state index is -1.57. The van der Waals surface area contributed by atoms with E-state index in [1.54, 1.807) is 6.08 Å². The molecule has 7 unspecified atom stereocenters. The van der Waals surface area contributed by atoms with Crippen molar-refractivity contribution in [3.63, 3.8) is 0 Å². The van der Waals surface area contributed by atoms with Crippen LogP contribution in [-0.4, -0.2) is 87.5 Å². The van der Waals surface area contributed by atoms with Gasteiger partial charge >= 0.3 is 0 Å². The lowest BCUT2D eigenvalue weighted by Gasteiger charge is -2.40. The highest BCUT2D eigenvalue weighted by molar-refractivity contribution is 5.76. The monoisotopic (exact) mass is 794 g/mol. The summed E-state index contributed by atoms with van der Waals surface area (Å²) >= 11 is 0. The van der Waals surface area contributed by atoms with E-state index in [1.165, 1.54) is 128 Å². The van der Waals surface area contributed by atoms with E-state index >= 15 is 0 Å². The minimum absolute atomic E-state index is 0.192. The van der Waals surface area contributed by atoms with Gasteiger partial charge in [0.25, 0.3) is 0 Å². The molecule has 9 heteroatoms. The van der Waals surface area contributed by atoms with Crippen molar-refractivity contribution in [2.45, 2.75) is 243 Å². The number of carbonyl (C=O) groups excluding carboxylic acids is 1. The molecule has 0 radical (unpaired) electrons. The summed E-state index contributed by atoms with van der Waals surface area (Å²) in [5, 5.41) is 54.2. The van der Waals surface area contributed by atoms with Gasteiger partial charge in [-0.2, -0.15) is 0 Å². The zero-order valence-corrected chi connectivity index (χ0v) is 35.9. The largest absolute Gasteiger partial charge is 0.394 e. The Balaban J connectivity index is 2.38. The van der Waals surface area contributed by atoms with Crippen LogP contribution in [0.3, 0.4) is 0 Å². The predicted molar refractivity (Wildman–Crippen MR) is 230 cm³/mol. The van der Waals surface area contributed by atoms with Gasteiger partial charge in [-0.15, -0.1) is 0 Å². The van der Waals surface area contributed by atoms with Crippen LogP contribution < -0.4 is 5.32 Å². The Morgan fingerprint density at radius 2 is 1.02 bits per heavy atom. The molecule has 1 aliphatic rings. The Morgan fingerprint density at radius 3 is 1.50 bits per heavy atom. The summed E-state index contributed by atoms with van der Waals surface area (Å²) in [6, 6.07) is -0.821. The first-order valence-electron chi connectivity index (χ1n) is 23.2. The average molecular weight is 794 g/mol. The summed E-state index contributed by atoms with van der Waals surface area (Å²) in [5.41, 5.74) is 0. The van der Waals surface area contributed by atoms with E-state index in [9.17, 15) is 30.3 Å². The normalized spacial score (nSPS) is 21.4. The third kappa shape index (κ3) is 27.9. The van der Waals surface area contributed by atoms with Gasteiger partial charge in [-0.3, -0.25) is 4.79 Å². The van der Waals surface area contributed by atoms with Gasteiger partial charge in [-0.1, -0.05) is 172 Å². The van der Waals surface area contributed by atoms with Crippen LogP contribution >= 0.6 is 0 Å². The summed E-state index contributed by atoms with van der Waals surface area (Å²) in [6.45, 7) is 3.74. The Kier molecular flexibility index (Phi) is 35.3. The summed E-state index contributed by atoms with van der Waals surface area (Å²) in [6.07, 6.45) is 39.0. The second-order valence-electron chi connectivity index (χ2n) is 16.2. The molecule has 6 N–H and O–H groups in total. The lowest BCUT2D eigenvalue weighted by molar-refractivity contribution is -0.302. The average Bonchev–Trinajstić information content (AvgIpc) is 3.20. The Bertz CT molecular complexity index is 972. The van der Waals surface area contributed by atoms with E-state index in [0.717, 1.165) is 51.4 Å². The predicted octanol–water partition coefficient (Wildman–Crippen LogP) is 9.67. The standard InChI is InChI=1S/C47H87NO8/c1-3-5-7-9-11-13-15-17-19-21-23-25-27-29-31-33-35-37-43(51)48-40(39-55-47-46(54)45(53)44(52)42(38-49)56-47)41(50)36-34-32-30-28-26-24-22-20-18-16-14-12-10-8-6-4-2/h17,19,26,28,34,36,40-42,44-47,49-50,52-54H,3-16,18,20-25,27,29-33,35,37-39H2,1-2H3,(H,48,51)/b19-17-,28-26+,36-34+. The van der Waals surface area contributed by atoms with Crippen LogP contribution in [0.5, 0.6) is 0 Å². The van der Waals surface area contributed by atoms with E-state index in [2.05, 4.69) is 43.5 Å². The number of allylic oxidation sites excluding steroid dienone is 5. The maximum absolute atomic E-state index is 12.9. The Hall–Kier alpha value is -1.59. The van der Waals surface area contributed by atoms with Crippen LogP contribution in [0.25, 0.3) is 0 Å². The van der Waals surface area contributed by atoms with Crippen molar-refractivity contribution < 1.29 is 39.8 Å². The van der Waals surface area contributed by atoms with Crippen molar-refractivity contribution >= 4 is 5.91 Å². The summed E-state index contributed by atoms with van der Waals surface area (Å²) in [7, 11) is 0. The van der Waals surface area contributed by atoms with Gasteiger partial charge in [0.1, 0.15) is 24.4 Å². The number of unbranched alkanes of at least 4 members (excludes halogenated alkanes) is 24. The first kappa shape index (κ1) is 52.4. The second kappa shape index (κ2) is 37.7. The Morgan fingerprint density at radius 1 is 0.589 bits per heavy atom. The highest BCUT2D eigenvalue weighted by Crippen LogP contribution is 2.22. The van der Waals surface area contributed by atoms with Crippen LogP contribution in [0.2, 0.25) is 0 Å². The van der Waals surface area contributed by atoms with Crippen molar-refractivity contribution in [2.24, 2.45) is 0 Å². The molecule has 0 bridgehead atoms. The second-order valence-corrected chi connectivity index (χ2v) is 16.2. The maximum Gasteiger partial charge on any atom is 0.220 e. The molecular formula is C47H87NO8. The van der Waals surface area contributed by atoms with Crippen molar-refractivity contribution in [1.29, 1.82) is 0 Å². The molecule has 0 spiro atoms. The number of hydrogen-bond acceptors (Lipinski definition) is 8. The molecule has 56 heavy (non-hydrogen) atoms. The fraction of sp³-hybridized carbons (Fsp3) is 0.851. The Labute approximate surface area is 342 Å². The van der Waals surface area contributed by atoms with Crippen LogP contribution in [0.4, 0.5) is 0 Å². The smallest absolute Gasteiger partial charge is 0.220 e. The summed E-state index contributed by atoms with van der Waals surface area (Å²) in [4.78, 5) is 12.9. The van der Waals surface area contributed by atoms with Crippen molar-refractivity contribution in [2.75, 3.05) is 13.2 Å². The molecular weight excluding hydrogens is 707 g/mol. The van der Waals surface area contributed by atoms with Gasteiger partial charge in [0.15, 0.2) is 6.29 Å². The fourth-order valence-electron chi connectivity index (χ4n) is 7.17. The summed E-state index contributed by atoms with van der Waals surface area (Å²) in [5.74, 6) is -0.192. The van der Waals surface area contributed by atoms with Gasteiger partial charge in [-0.05, 0) is 57.8 Å². The molecule has 1 saturated heterocycles. The van der Waals surface area contributed by atoms with Gasteiger partial charge in [0.05, 0.1) is 25.4 Å². The third-order valence-electron chi connectivity index (χ3n) is 10.9. The van der Waals surface area contributed by atoms with E-state index in [-0.39, 0.29) is 12.5 Å². The van der Waals surface area contributed by atoms with Crippen LogP contribution in [0.1, 0.15) is 200 Å². The zero-order valence-electron chi connectivity index (χ0n) is 35.9. The maximum atomic E-state index is 12.9. The number of nitrogens with one attached hydrogen (secondary N) is 1. The topological polar surface area (TPSA) is 149 Å². The third-order valence-corrected chi connectivity index (χ3v) is 10.9. The van der Waals surface area contributed by atoms with Crippen LogP contribution in [-0.2, 0) is 14.3 Å². The number of rotatable bonds is 38. The molecule has 328 valence electrons. The molecule has 1 heterocycles. The first-order valence-corrected chi connectivity index (χ1v) is 23.2. The molecule has 1 fully saturated rings. The number of carbonyl (C=O) groups is 1.